The normalized spacial score (nSPS) is 10.3. The Kier molecular flexibility index (Phi) is 5.65. The summed E-state index contributed by atoms with van der Waals surface area (Å²) in [6.45, 7) is 0.343. The van der Waals surface area contributed by atoms with Crippen LogP contribution in [-0.4, -0.2) is 10.9 Å². The summed E-state index contributed by atoms with van der Waals surface area (Å²) in [6, 6.07) is 20.4. The molecule has 0 aliphatic rings. The first-order valence-corrected chi connectivity index (χ1v) is 8.38. The number of rotatable bonds is 6. The summed E-state index contributed by atoms with van der Waals surface area (Å²) in [6.07, 6.45) is 1.63. The summed E-state index contributed by atoms with van der Waals surface area (Å²) in [5.41, 5.74) is 3.13. The molecule has 126 valence electrons. The van der Waals surface area contributed by atoms with Crippen LogP contribution in [0.25, 0.3) is 0 Å². The van der Waals surface area contributed by atoms with Crippen LogP contribution in [-0.2, 0) is 12.5 Å². The van der Waals surface area contributed by atoms with Crippen LogP contribution in [0.3, 0.4) is 0 Å². The molecule has 2 aromatic carbocycles. The van der Waals surface area contributed by atoms with Crippen LogP contribution in [0.4, 0.5) is 5.69 Å². The molecule has 0 atom stereocenters. The van der Waals surface area contributed by atoms with Gasteiger partial charge in [0.15, 0.2) is 0 Å². The highest BCUT2D eigenvalue weighted by atomic mass is 35.5. The smallest absolute Gasteiger partial charge is 0.255 e. The molecule has 3 aromatic rings. The third-order valence-corrected chi connectivity index (χ3v) is 3.89. The van der Waals surface area contributed by atoms with Crippen molar-refractivity contribution < 1.29 is 9.53 Å². The third-order valence-electron chi connectivity index (χ3n) is 3.58. The monoisotopic (exact) mass is 352 g/mol. The van der Waals surface area contributed by atoms with E-state index in [1.807, 2.05) is 42.5 Å². The lowest BCUT2D eigenvalue weighted by Crippen LogP contribution is -2.13. The van der Waals surface area contributed by atoms with Crippen molar-refractivity contribution in [2.45, 2.75) is 12.5 Å². The molecule has 0 bridgehead atoms. The van der Waals surface area contributed by atoms with E-state index in [0.29, 0.717) is 29.6 Å². The zero-order chi connectivity index (χ0) is 17.5. The molecule has 4 nitrogen and oxygen atoms in total. The summed E-state index contributed by atoms with van der Waals surface area (Å²) < 4.78 is 5.79. The minimum atomic E-state index is -0.206. The number of hydrogen-bond acceptors (Lipinski definition) is 3. The lowest BCUT2D eigenvalue weighted by atomic mass is 10.1. The van der Waals surface area contributed by atoms with Crippen molar-refractivity contribution in [2.75, 3.05) is 5.32 Å². The number of amides is 1. The highest BCUT2D eigenvalue weighted by Crippen LogP contribution is 2.22. The highest BCUT2D eigenvalue weighted by Gasteiger charge is 2.10. The van der Waals surface area contributed by atoms with E-state index in [4.69, 9.17) is 16.3 Å². The summed E-state index contributed by atoms with van der Waals surface area (Å²) in [7, 11) is 0. The van der Waals surface area contributed by atoms with Gasteiger partial charge in [-0.3, -0.25) is 4.79 Å². The van der Waals surface area contributed by atoms with Gasteiger partial charge in [-0.2, -0.15) is 0 Å². The molecule has 0 aliphatic heterocycles. The van der Waals surface area contributed by atoms with E-state index in [1.165, 1.54) is 0 Å². The number of alkyl halides is 1. The van der Waals surface area contributed by atoms with E-state index in [-0.39, 0.29) is 5.91 Å². The highest BCUT2D eigenvalue weighted by molar-refractivity contribution is 6.17. The van der Waals surface area contributed by atoms with Gasteiger partial charge >= 0.3 is 0 Å². The molecule has 0 radical (unpaired) electrons. The SMILES string of the molecule is O=C(Nc1cccnc1OCc1cccc(CCl)c1)c1ccccc1. The van der Waals surface area contributed by atoms with E-state index in [9.17, 15) is 4.79 Å². The van der Waals surface area contributed by atoms with Crippen LogP contribution in [0.15, 0.2) is 72.9 Å². The van der Waals surface area contributed by atoms with Crippen molar-refractivity contribution in [1.82, 2.24) is 4.98 Å². The van der Waals surface area contributed by atoms with Gasteiger partial charge in [-0.15, -0.1) is 11.6 Å². The minimum Gasteiger partial charge on any atom is -0.471 e. The number of ether oxygens (including phenoxy) is 1. The first kappa shape index (κ1) is 17.0. The Hall–Kier alpha value is -2.85. The second-order valence-electron chi connectivity index (χ2n) is 5.42. The topological polar surface area (TPSA) is 51.2 Å². The Morgan fingerprint density at radius 1 is 1.00 bits per heavy atom. The van der Waals surface area contributed by atoms with Crippen LogP contribution in [0.2, 0.25) is 0 Å². The van der Waals surface area contributed by atoms with Gasteiger partial charge in [0.2, 0.25) is 5.88 Å². The Bertz CT molecular complexity index is 853. The van der Waals surface area contributed by atoms with E-state index >= 15 is 0 Å². The molecule has 0 unspecified atom stereocenters. The molecule has 3 rings (SSSR count). The number of benzene rings is 2. The summed E-state index contributed by atoms with van der Waals surface area (Å²) >= 11 is 5.86. The second-order valence-corrected chi connectivity index (χ2v) is 5.69. The van der Waals surface area contributed by atoms with Gasteiger partial charge in [0.25, 0.3) is 5.91 Å². The van der Waals surface area contributed by atoms with Crippen molar-refractivity contribution in [3.63, 3.8) is 0 Å². The molecular formula is C20H17ClN2O2. The predicted molar refractivity (Wildman–Crippen MR) is 99.0 cm³/mol. The molecule has 0 spiro atoms. The fourth-order valence-corrected chi connectivity index (χ4v) is 2.51. The van der Waals surface area contributed by atoms with Crippen molar-refractivity contribution in [2.24, 2.45) is 0 Å². The number of carbonyl (C=O) groups excluding carboxylic acids is 1. The largest absolute Gasteiger partial charge is 0.471 e. The number of anilines is 1. The average molecular weight is 353 g/mol. The van der Waals surface area contributed by atoms with Crippen LogP contribution in [0, 0.1) is 0 Å². The lowest BCUT2D eigenvalue weighted by molar-refractivity contribution is 0.102. The molecule has 25 heavy (non-hydrogen) atoms. The number of hydrogen-bond donors (Lipinski definition) is 1. The number of carbonyl (C=O) groups is 1. The quantitative estimate of drug-likeness (QED) is 0.657. The summed E-state index contributed by atoms with van der Waals surface area (Å²) in [5, 5.41) is 2.84. The summed E-state index contributed by atoms with van der Waals surface area (Å²) in [5.74, 6) is 0.626. The molecule has 1 aromatic heterocycles. The van der Waals surface area contributed by atoms with Crippen LogP contribution in [0.1, 0.15) is 21.5 Å². The van der Waals surface area contributed by atoms with Gasteiger partial charge in [-0.25, -0.2) is 4.98 Å². The van der Waals surface area contributed by atoms with Gasteiger partial charge < -0.3 is 10.1 Å². The number of nitrogens with zero attached hydrogens (tertiary/aromatic N) is 1. The van der Waals surface area contributed by atoms with Gasteiger partial charge in [0, 0.05) is 17.6 Å². The van der Waals surface area contributed by atoms with Crippen molar-refractivity contribution >= 4 is 23.2 Å². The molecule has 0 fully saturated rings. The first-order chi connectivity index (χ1) is 12.3. The van der Waals surface area contributed by atoms with Gasteiger partial charge in [-0.1, -0.05) is 42.5 Å². The van der Waals surface area contributed by atoms with Gasteiger partial charge in [0.1, 0.15) is 12.3 Å². The molecule has 5 heteroatoms. The second kappa shape index (κ2) is 8.31. The average Bonchev–Trinajstić information content (AvgIpc) is 2.68. The Morgan fingerprint density at radius 2 is 1.80 bits per heavy atom. The predicted octanol–water partition coefficient (Wildman–Crippen LogP) is 4.65. The minimum absolute atomic E-state index is 0.206. The molecule has 0 aliphatic carbocycles. The maximum absolute atomic E-state index is 12.3. The molecular weight excluding hydrogens is 336 g/mol. The standard InChI is InChI=1S/C20H17ClN2O2/c21-13-15-6-4-7-16(12-15)14-25-20-18(10-5-11-22-20)23-19(24)17-8-2-1-3-9-17/h1-12H,13-14H2,(H,23,24). The lowest BCUT2D eigenvalue weighted by Gasteiger charge is -2.11. The molecule has 0 saturated carbocycles. The van der Waals surface area contributed by atoms with E-state index in [2.05, 4.69) is 10.3 Å². The fourth-order valence-electron chi connectivity index (χ4n) is 2.34. The zero-order valence-electron chi connectivity index (χ0n) is 13.5. The number of nitrogens with one attached hydrogen (secondary N) is 1. The van der Waals surface area contributed by atoms with Crippen molar-refractivity contribution in [3.8, 4) is 5.88 Å². The van der Waals surface area contributed by atoms with Crippen LogP contribution < -0.4 is 10.1 Å². The Morgan fingerprint density at radius 3 is 2.60 bits per heavy atom. The van der Waals surface area contributed by atoms with Gasteiger partial charge in [0.05, 0.1) is 0 Å². The Balaban J connectivity index is 1.71. The molecule has 1 heterocycles. The Labute approximate surface area is 151 Å². The maximum Gasteiger partial charge on any atom is 0.255 e. The van der Waals surface area contributed by atoms with E-state index in [0.717, 1.165) is 11.1 Å². The summed E-state index contributed by atoms with van der Waals surface area (Å²) in [4.78, 5) is 16.5. The molecule has 1 amide bonds. The maximum atomic E-state index is 12.3. The van der Waals surface area contributed by atoms with Crippen LogP contribution >= 0.6 is 11.6 Å². The van der Waals surface area contributed by atoms with Crippen molar-refractivity contribution in [3.05, 3.63) is 89.6 Å². The zero-order valence-corrected chi connectivity index (χ0v) is 14.2. The number of aromatic nitrogens is 1. The number of halogens is 1. The van der Waals surface area contributed by atoms with Crippen LogP contribution in [0.5, 0.6) is 5.88 Å². The fraction of sp³-hybridized carbons (Fsp3) is 0.100. The van der Waals surface area contributed by atoms with E-state index < -0.39 is 0 Å². The molecule has 0 saturated heterocycles. The number of pyridine rings is 1. The molecule has 1 N–H and O–H groups in total. The third kappa shape index (κ3) is 4.58. The van der Waals surface area contributed by atoms with Gasteiger partial charge in [-0.05, 0) is 35.4 Å². The van der Waals surface area contributed by atoms with Crippen molar-refractivity contribution in [1.29, 1.82) is 0 Å². The van der Waals surface area contributed by atoms with E-state index in [1.54, 1.807) is 30.5 Å². The first-order valence-electron chi connectivity index (χ1n) is 7.84.